The van der Waals surface area contributed by atoms with Crippen molar-refractivity contribution in [1.29, 1.82) is 0 Å². The van der Waals surface area contributed by atoms with E-state index in [0.29, 0.717) is 17.5 Å². The molecule has 0 aliphatic heterocycles. The lowest BCUT2D eigenvalue weighted by molar-refractivity contribution is 0.0696. The predicted molar refractivity (Wildman–Crippen MR) is 62.0 cm³/mol. The number of aromatic nitrogens is 2. The van der Waals surface area contributed by atoms with Crippen molar-refractivity contribution in [2.45, 2.75) is 17.6 Å². The average Bonchev–Trinajstić information content (AvgIpc) is 2.74. The number of hydrogen-bond donors (Lipinski definition) is 1. The van der Waals surface area contributed by atoms with E-state index in [1.807, 2.05) is 0 Å². The molecular weight excluding hydrogens is 259 g/mol. The maximum Gasteiger partial charge on any atom is 0.335 e. The summed E-state index contributed by atoms with van der Waals surface area (Å²) in [5, 5.41) is 12.5. The molecule has 0 aliphatic carbocycles. The standard InChI is InChI=1S/C11H9FN2O3S/c1-6-13-10(14-17-6)5-18-9-4-7(11(15)16)2-3-8(9)12/h2-4H,5H2,1H3,(H,15,16). The number of halogens is 1. The van der Waals surface area contributed by atoms with Crippen molar-refractivity contribution in [2.75, 3.05) is 0 Å². The summed E-state index contributed by atoms with van der Waals surface area (Å²) in [4.78, 5) is 15.0. The van der Waals surface area contributed by atoms with Gasteiger partial charge in [-0.05, 0) is 18.2 Å². The predicted octanol–water partition coefficient (Wildman–Crippen LogP) is 2.51. The Kier molecular flexibility index (Phi) is 3.61. The number of aromatic carboxylic acids is 1. The summed E-state index contributed by atoms with van der Waals surface area (Å²) in [6, 6.07) is 3.64. The molecule has 0 unspecified atom stereocenters. The fraction of sp³-hybridized carbons (Fsp3) is 0.182. The van der Waals surface area contributed by atoms with E-state index < -0.39 is 11.8 Å². The van der Waals surface area contributed by atoms with Gasteiger partial charge in [0.1, 0.15) is 5.82 Å². The molecule has 0 spiro atoms. The van der Waals surface area contributed by atoms with Gasteiger partial charge in [0.25, 0.3) is 0 Å². The second-order valence-electron chi connectivity index (χ2n) is 3.47. The Labute approximate surface area is 106 Å². The molecule has 0 amide bonds. The zero-order valence-corrected chi connectivity index (χ0v) is 10.2. The Morgan fingerprint density at radius 1 is 1.56 bits per heavy atom. The molecular formula is C11H9FN2O3S. The first-order valence-corrected chi connectivity index (χ1v) is 5.99. The fourth-order valence-electron chi connectivity index (χ4n) is 1.29. The third-order valence-corrected chi connectivity index (χ3v) is 3.13. The Balaban J connectivity index is 2.13. The molecule has 0 saturated heterocycles. The summed E-state index contributed by atoms with van der Waals surface area (Å²) in [5.74, 6) is -0.363. The molecule has 5 nitrogen and oxygen atoms in total. The highest BCUT2D eigenvalue weighted by atomic mass is 32.2. The van der Waals surface area contributed by atoms with Gasteiger partial charge in [0.2, 0.25) is 5.89 Å². The minimum absolute atomic E-state index is 0.0446. The number of carboxylic acid groups (broad SMARTS) is 1. The van der Waals surface area contributed by atoms with Crippen molar-refractivity contribution < 1.29 is 18.8 Å². The van der Waals surface area contributed by atoms with Gasteiger partial charge >= 0.3 is 5.97 Å². The molecule has 1 heterocycles. The molecule has 7 heteroatoms. The third kappa shape index (κ3) is 2.86. The highest BCUT2D eigenvalue weighted by molar-refractivity contribution is 7.98. The van der Waals surface area contributed by atoms with Crippen molar-refractivity contribution in [2.24, 2.45) is 0 Å². The highest BCUT2D eigenvalue weighted by Gasteiger charge is 2.10. The van der Waals surface area contributed by atoms with Crippen LogP contribution >= 0.6 is 11.8 Å². The van der Waals surface area contributed by atoms with Gasteiger partial charge in [0.05, 0.1) is 11.3 Å². The van der Waals surface area contributed by atoms with E-state index in [9.17, 15) is 9.18 Å². The number of rotatable bonds is 4. The normalized spacial score (nSPS) is 10.6. The number of thioether (sulfide) groups is 1. The summed E-state index contributed by atoms with van der Waals surface area (Å²) >= 11 is 1.12. The Hall–Kier alpha value is -1.89. The van der Waals surface area contributed by atoms with E-state index in [-0.39, 0.29) is 10.5 Å². The second-order valence-corrected chi connectivity index (χ2v) is 4.49. The Morgan fingerprint density at radius 3 is 2.94 bits per heavy atom. The van der Waals surface area contributed by atoms with Gasteiger partial charge < -0.3 is 9.63 Å². The molecule has 2 aromatic rings. The lowest BCUT2D eigenvalue weighted by Gasteiger charge is -2.02. The Morgan fingerprint density at radius 2 is 2.33 bits per heavy atom. The number of benzene rings is 1. The summed E-state index contributed by atoms with van der Waals surface area (Å²) in [6.45, 7) is 1.66. The van der Waals surface area contributed by atoms with Crippen LogP contribution in [0, 0.1) is 12.7 Å². The van der Waals surface area contributed by atoms with Crippen molar-refractivity contribution in [1.82, 2.24) is 10.1 Å². The summed E-state index contributed by atoms with van der Waals surface area (Å²) in [6.07, 6.45) is 0. The molecule has 0 radical (unpaired) electrons. The van der Waals surface area contributed by atoms with E-state index in [0.717, 1.165) is 17.8 Å². The van der Waals surface area contributed by atoms with Gasteiger partial charge in [-0.3, -0.25) is 0 Å². The van der Waals surface area contributed by atoms with Crippen LogP contribution in [0.15, 0.2) is 27.6 Å². The molecule has 2 rings (SSSR count). The van der Waals surface area contributed by atoms with Crippen molar-refractivity contribution in [3.8, 4) is 0 Å². The molecule has 0 bridgehead atoms. The van der Waals surface area contributed by atoms with Crippen LogP contribution < -0.4 is 0 Å². The zero-order chi connectivity index (χ0) is 13.1. The van der Waals surface area contributed by atoms with Gasteiger partial charge in [-0.2, -0.15) is 4.98 Å². The average molecular weight is 268 g/mol. The van der Waals surface area contributed by atoms with Gasteiger partial charge in [0.15, 0.2) is 5.82 Å². The zero-order valence-electron chi connectivity index (χ0n) is 9.38. The minimum atomic E-state index is -1.09. The highest BCUT2D eigenvalue weighted by Crippen LogP contribution is 2.25. The SMILES string of the molecule is Cc1nc(CSc2cc(C(=O)O)ccc2F)no1. The van der Waals surface area contributed by atoms with Gasteiger partial charge in [-0.25, -0.2) is 9.18 Å². The molecule has 0 fully saturated rings. The van der Waals surface area contributed by atoms with Gasteiger partial charge in [-0.15, -0.1) is 11.8 Å². The number of nitrogens with zero attached hydrogens (tertiary/aromatic N) is 2. The monoisotopic (exact) mass is 268 g/mol. The van der Waals surface area contributed by atoms with Crippen LogP contribution in [0.1, 0.15) is 22.1 Å². The number of aryl methyl sites for hydroxylation is 1. The van der Waals surface area contributed by atoms with Gasteiger partial charge in [-0.1, -0.05) is 5.16 Å². The van der Waals surface area contributed by atoms with E-state index in [4.69, 9.17) is 9.63 Å². The molecule has 0 aliphatic rings. The van der Waals surface area contributed by atoms with Crippen molar-refractivity contribution in [3.05, 3.63) is 41.3 Å². The number of hydrogen-bond acceptors (Lipinski definition) is 5. The lowest BCUT2D eigenvalue weighted by Crippen LogP contribution is -1.97. The largest absolute Gasteiger partial charge is 0.478 e. The van der Waals surface area contributed by atoms with Crippen LogP contribution in [0.4, 0.5) is 4.39 Å². The molecule has 94 valence electrons. The maximum atomic E-state index is 13.5. The Bertz CT molecular complexity index is 585. The van der Waals surface area contributed by atoms with Crippen LogP contribution in [0.25, 0.3) is 0 Å². The molecule has 18 heavy (non-hydrogen) atoms. The van der Waals surface area contributed by atoms with Crippen molar-refractivity contribution in [3.63, 3.8) is 0 Å². The second kappa shape index (κ2) is 5.18. The minimum Gasteiger partial charge on any atom is -0.478 e. The topological polar surface area (TPSA) is 76.2 Å². The molecule has 1 aromatic heterocycles. The summed E-state index contributed by atoms with van der Waals surface area (Å²) in [5.41, 5.74) is 0.0446. The van der Waals surface area contributed by atoms with Crippen molar-refractivity contribution >= 4 is 17.7 Å². The first-order chi connectivity index (χ1) is 8.56. The van der Waals surface area contributed by atoms with E-state index in [1.54, 1.807) is 6.92 Å². The number of carbonyl (C=O) groups is 1. The van der Waals surface area contributed by atoms with Crippen LogP contribution in [-0.2, 0) is 5.75 Å². The van der Waals surface area contributed by atoms with Gasteiger partial charge in [0, 0.05) is 11.8 Å². The molecule has 0 saturated carbocycles. The van der Waals surface area contributed by atoms with Crippen LogP contribution in [-0.4, -0.2) is 21.2 Å². The first kappa shape index (κ1) is 12.6. The summed E-state index contributed by atoms with van der Waals surface area (Å²) < 4.78 is 18.2. The maximum absolute atomic E-state index is 13.5. The third-order valence-electron chi connectivity index (χ3n) is 2.10. The van der Waals surface area contributed by atoms with Crippen LogP contribution in [0.5, 0.6) is 0 Å². The quantitative estimate of drug-likeness (QED) is 0.858. The van der Waals surface area contributed by atoms with E-state index in [2.05, 4.69) is 10.1 Å². The van der Waals surface area contributed by atoms with E-state index in [1.165, 1.54) is 12.1 Å². The smallest absolute Gasteiger partial charge is 0.335 e. The lowest BCUT2D eigenvalue weighted by atomic mass is 10.2. The molecule has 0 atom stereocenters. The summed E-state index contributed by atoms with van der Waals surface area (Å²) in [7, 11) is 0. The number of carboxylic acids is 1. The molecule has 1 N–H and O–H groups in total. The fourth-order valence-corrected chi connectivity index (χ4v) is 2.11. The molecule has 1 aromatic carbocycles. The van der Waals surface area contributed by atoms with Crippen LogP contribution in [0.3, 0.4) is 0 Å². The first-order valence-electron chi connectivity index (χ1n) is 5.01. The van der Waals surface area contributed by atoms with E-state index >= 15 is 0 Å². The van der Waals surface area contributed by atoms with Crippen LogP contribution in [0.2, 0.25) is 0 Å².